The van der Waals surface area contributed by atoms with E-state index in [0.29, 0.717) is 5.25 Å². The zero-order chi connectivity index (χ0) is 9.56. The summed E-state index contributed by atoms with van der Waals surface area (Å²) in [5.41, 5.74) is 1.36. The van der Waals surface area contributed by atoms with Crippen LogP contribution < -0.4 is 0 Å². The lowest BCUT2D eigenvalue weighted by Crippen LogP contribution is -1.95. The summed E-state index contributed by atoms with van der Waals surface area (Å²) < 4.78 is 0. The predicted octanol–water partition coefficient (Wildman–Crippen LogP) is 4.08. The average molecular weight is 186 g/mol. The lowest BCUT2D eigenvalue weighted by Gasteiger charge is -2.08. The molecular formula is C11H22S. The maximum absolute atomic E-state index is 4.34. The van der Waals surface area contributed by atoms with Gasteiger partial charge >= 0.3 is 0 Å². The van der Waals surface area contributed by atoms with Crippen molar-refractivity contribution < 1.29 is 0 Å². The van der Waals surface area contributed by atoms with Crippen LogP contribution in [0.4, 0.5) is 0 Å². The van der Waals surface area contributed by atoms with Gasteiger partial charge in [-0.05, 0) is 25.2 Å². The molecule has 0 aromatic heterocycles. The van der Waals surface area contributed by atoms with Crippen molar-refractivity contribution in [2.75, 3.05) is 0 Å². The van der Waals surface area contributed by atoms with Gasteiger partial charge in [0.1, 0.15) is 0 Å². The average Bonchev–Trinajstić information content (AvgIpc) is 1.84. The third kappa shape index (κ3) is 8.19. The Labute approximate surface area is 82.9 Å². The van der Waals surface area contributed by atoms with Crippen LogP contribution in [0.5, 0.6) is 0 Å². The molecule has 0 fully saturated rings. The Hall–Kier alpha value is 0.0900. The lowest BCUT2D eigenvalue weighted by atomic mass is 10.0. The third-order valence-electron chi connectivity index (χ3n) is 1.90. The number of rotatable bonds is 6. The van der Waals surface area contributed by atoms with Gasteiger partial charge in [0.15, 0.2) is 0 Å². The normalized spacial score (nSPS) is 13.4. The molecule has 0 aliphatic heterocycles. The first-order valence-electron chi connectivity index (χ1n) is 4.87. The van der Waals surface area contributed by atoms with Crippen molar-refractivity contribution in [2.45, 2.75) is 51.7 Å². The van der Waals surface area contributed by atoms with Crippen LogP contribution in [0.3, 0.4) is 0 Å². The minimum atomic E-state index is 0.469. The molecule has 0 radical (unpaired) electrons. The summed E-state index contributed by atoms with van der Waals surface area (Å²) in [5, 5.41) is 0.469. The molecule has 0 aromatic rings. The Morgan fingerprint density at radius 3 is 2.33 bits per heavy atom. The van der Waals surface area contributed by atoms with Crippen LogP contribution >= 0.6 is 12.6 Å². The minimum Gasteiger partial charge on any atom is -0.176 e. The first-order valence-corrected chi connectivity index (χ1v) is 5.38. The fourth-order valence-electron chi connectivity index (χ4n) is 1.28. The van der Waals surface area contributed by atoms with Crippen LogP contribution in [-0.4, -0.2) is 5.25 Å². The SMILES string of the molecule is C=C(CCCC(C)C)CC(C)S. The van der Waals surface area contributed by atoms with Crippen LogP contribution in [0.2, 0.25) is 0 Å². The van der Waals surface area contributed by atoms with E-state index in [1.165, 1.54) is 24.8 Å². The van der Waals surface area contributed by atoms with Gasteiger partial charge in [-0.1, -0.05) is 39.3 Å². The molecule has 0 saturated heterocycles. The second kappa shape index (κ2) is 6.59. The fraction of sp³-hybridized carbons (Fsp3) is 0.818. The van der Waals surface area contributed by atoms with Crippen molar-refractivity contribution >= 4 is 12.6 Å². The van der Waals surface area contributed by atoms with E-state index in [-0.39, 0.29) is 0 Å². The highest BCUT2D eigenvalue weighted by molar-refractivity contribution is 7.80. The minimum absolute atomic E-state index is 0.469. The molecule has 1 unspecified atom stereocenters. The molecular weight excluding hydrogens is 164 g/mol. The molecule has 1 atom stereocenters. The molecule has 0 saturated carbocycles. The van der Waals surface area contributed by atoms with Gasteiger partial charge in [-0.15, -0.1) is 0 Å². The molecule has 0 nitrogen and oxygen atoms in total. The van der Waals surface area contributed by atoms with E-state index in [1.54, 1.807) is 0 Å². The number of hydrogen-bond acceptors (Lipinski definition) is 1. The van der Waals surface area contributed by atoms with E-state index in [9.17, 15) is 0 Å². The second-order valence-corrected chi connectivity index (χ2v) is 4.97. The second-order valence-electron chi connectivity index (χ2n) is 4.09. The van der Waals surface area contributed by atoms with E-state index in [1.807, 2.05) is 0 Å². The highest BCUT2D eigenvalue weighted by atomic mass is 32.1. The third-order valence-corrected chi connectivity index (χ3v) is 2.08. The lowest BCUT2D eigenvalue weighted by molar-refractivity contribution is 0.551. The highest BCUT2D eigenvalue weighted by Crippen LogP contribution is 2.16. The molecule has 0 bridgehead atoms. The molecule has 72 valence electrons. The molecule has 0 aliphatic rings. The first kappa shape index (κ1) is 12.1. The van der Waals surface area contributed by atoms with Gasteiger partial charge < -0.3 is 0 Å². The smallest absolute Gasteiger partial charge is 0.00255 e. The quantitative estimate of drug-likeness (QED) is 0.469. The Morgan fingerprint density at radius 1 is 1.33 bits per heavy atom. The molecule has 0 heterocycles. The van der Waals surface area contributed by atoms with Gasteiger partial charge in [0.05, 0.1) is 0 Å². The largest absolute Gasteiger partial charge is 0.176 e. The monoisotopic (exact) mass is 186 g/mol. The van der Waals surface area contributed by atoms with Crippen molar-refractivity contribution in [1.29, 1.82) is 0 Å². The van der Waals surface area contributed by atoms with Crippen LogP contribution in [0.25, 0.3) is 0 Å². The zero-order valence-corrected chi connectivity index (χ0v) is 9.53. The van der Waals surface area contributed by atoms with Crippen molar-refractivity contribution in [3.05, 3.63) is 12.2 Å². The molecule has 12 heavy (non-hydrogen) atoms. The number of thiol groups is 1. The first-order chi connectivity index (χ1) is 5.52. The van der Waals surface area contributed by atoms with Gasteiger partial charge in [0, 0.05) is 5.25 Å². The summed E-state index contributed by atoms with van der Waals surface area (Å²) in [7, 11) is 0. The van der Waals surface area contributed by atoms with E-state index in [4.69, 9.17) is 0 Å². The zero-order valence-electron chi connectivity index (χ0n) is 8.64. The van der Waals surface area contributed by atoms with Crippen molar-refractivity contribution in [3.8, 4) is 0 Å². The molecule has 0 N–H and O–H groups in total. The fourth-order valence-corrected chi connectivity index (χ4v) is 1.54. The number of hydrogen-bond donors (Lipinski definition) is 1. The van der Waals surface area contributed by atoms with Crippen LogP contribution in [0, 0.1) is 5.92 Å². The summed E-state index contributed by atoms with van der Waals surface area (Å²) in [6.45, 7) is 10.7. The highest BCUT2D eigenvalue weighted by Gasteiger charge is 2.00. The Kier molecular flexibility index (Phi) is 6.64. The van der Waals surface area contributed by atoms with Crippen molar-refractivity contribution in [2.24, 2.45) is 5.92 Å². The molecule has 0 spiro atoms. The van der Waals surface area contributed by atoms with Gasteiger partial charge in [-0.25, -0.2) is 0 Å². The number of allylic oxidation sites excluding steroid dienone is 1. The van der Waals surface area contributed by atoms with Crippen LogP contribution in [0.1, 0.15) is 46.5 Å². The summed E-state index contributed by atoms with van der Waals surface area (Å²) in [6.07, 6.45) is 4.86. The van der Waals surface area contributed by atoms with E-state index < -0.39 is 0 Å². The molecule has 0 amide bonds. The molecule has 0 rings (SSSR count). The van der Waals surface area contributed by atoms with Gasteiger partial charge in [0.2, 0.25) is 0 Å². The van der Waals surface area contributed by atoms with Crippen molar-refractivity contribution in [3.63, 3.8) is 0 Å². The molecule has 1 heteroatoms. The molecule has 0 aromatic carbocycles. The Bertz CT molecular complexity index is 125. The molecule has 0 aliphatic carbocycles. The summed E-state index contributed by atoms with van der Waals surface area (Å²) in [4.78, 5) is 0. The Balaban J connectivity index is 3.32. The van der Waals surface area contributed by atoms with E-state index >= 15 is 0 Å². The van der Waals surface area contributed by atoms with E-state index in [0.717, 1.165) is 12.3 Å². The van der Waals surface area contributed by atoms with Gasteiger partial charge in [-0.2, -0.15) is 12.6 Å². The standard InChI is InChI=1S/C11H22S/c1-9(2)6-5-7-10(3)8-11(4)12/h9,11-12H,3,5-8H2,1-2,4H3. The van der Waals surface area contributed by atoms with Gasteiger partial charge in [0.25, 0.3) is 0 Å². The summed E-state index contributed by atoms with van der Waals surface area (Å²) in [6, 6.07) is 0. The Morgan fingerprint density at radius 2 is 1.92 bits per heavy atom. The van der Waals surface area contributed by atoms with Crippen LogP contribution in [-0.2, 0) is 0 Å². The maximum atomic E-state index is 4.34. The van der Waals surface area contributed by atoms with E-state index in [2.05, 4.69) is 40.0 Å². The topological polar surface area (TPSA) is 0 Å². The summed E-state index contributed by atoms with van der Waals surface area (Å²) in [5.74, 6) is 0.825. The maximum Gasteiger partial charge on any atom is 0.00255 e. The van der Waals surface area contributed by atoms with Crippen LogP contribution in [0.15, 0.2) is 12.2 Å². The van der Waals surface area contributed by atoms with Crippen molar-refractivity contribution in [1.82, 2.24) is 0 Å². The summed E-state index contributed by atoms with van der Waals surface area (Å²) >= 11 is 4.34. The predicted molar refractivity (Wildman–Crippen MR) is 60.9 cm³/mol. The van der Waals surface area contributed by atoms with Gasteiger partial charge in [-0.3, -0.25) is 0 Å².